The second-order valence-electron chi connectivity index (χ2n) is 4.53. The number of benzene rings is 1. The van der Waals surface area contributed by atoms with Crippen LogP contribution >= 0.6 is 24.0 Å². The van der Waals surface area contributed by atoms with Crippen molar-refractivity contribution in [3.8, 4) is 0 Å². The van der Waals surface area contributed by atoms with Crippen LogP contribution in [0, 0.1) is 0 Å². The first-order valence-electron chi connectivity index (χ1n) is 6.65. The molecule has 0 aliphatic rings. The Labute approximate surface area is 146 Å². The molecule has 0 heterocycles. The number of hydrogen-bond acceptors (Lipinski definition) is 1. The largest absolute Gasteiger partial charge is 0.416 e. The van der Waals surface area contributed by atoms with E-state index in [0.717, 1.165) is 17.7 Å². The highest BCUT2D eigenvalue weighted by Gasteiger charge is 2.29. The summed E-state index contributed by atoms with van der Waals surface area (Å²) in [5, 5.41) is 3.12. The molecule has 0 aliphatic carbocycles. The van der Waals surface area contributed by atoms with E-state index >= 15 is 0 Å². The Morgan fingerprint density at radius 3 is 2.36 bits per heavy atom. The zero-order valence-corrected chi connectivity index (χ0v) is 15.0. The van der Waals surface area contributed by atoms with Gasteiger partial charge in [0.2, 0.25) is 0 Å². The highest BCUT2D eigenvalue weighted by atomic mass is 127. The number of nitrogens with one attached hydrogen (secondary N) is 1. The Kier molecular flexibility index (Phi) is 9.15. The molecule has 0 atom stereocenters. The molecule has 22 heavy (non-hydrogen) atoms. The predicted molar refractivity (Wildman–Crippen MR) is 94.5 cm³/mol. The van der Waals surface area contributed by atoms with Crippen LogP contribution in [0.1, 0.15) is 18.1 Å². The van der Waals surface area contributed by atoms with Gasteiger partial charge in [-0.25, -0.2) is 4.99 Å². The summed E-state index contributed by atoms with van der Waals surface area (Å²) in [6.07, 6.45) is -2.62. The first-order chi connectivity index (χ1) is 9.88. The molecule has 0 spiro atoms. The third-order valence-electron chi connectivity index (χ3n) is 2.77. The molecule has 0 aliphatic heterocycles. The molecule has 1 aromatic rings. The first kappa shape index (κ1) is 20.8. The molecule has 3 nitrogen and oxygen atoms in total. The van der Waals surface area contributed by atoms with Gasteiger partial charge in [0.15, 0.2) is 5.96 Å². The highest BCUT2D eigenvalue weighted by molar-refractivity contribution is 14.0. The van der Waals surface area contributed by atoms with Crippen molar-refractivity contribution in [1.82, 2.24) is 10.2 Å². The van der Waals surface area contributed by atoms with E-state index < -0.39 is 11.7 Å². The van der Waals surface area contributed by atoms with Crippen molar-refractivity contribution in [2.45, 2.75) is 19.6 Å². The van der Waals surface area contributed by atoms with Gasteiger partial charge in [0, 0.05) is 20.1 Å². The van der Waals surface area contributed by atoms with E-state index in [2.05, 4.69) is 16.9 Å². The van der Waals surface area contributed by atoms with Crippen LogP contribution in [0.4, 0.5) is 13.2 Å². The fourth-order valence-corrected chi connectivity index (χ4v) is 1.77. The minimum absolute atomic E-state index is 0. The van der Waals surface area contributed by atoms with Gasteiger partial charge in [-0.3, -0.25) is 0 Å². The number of aliphatic imine (C=N–C) groups is 1. The van der Waals surface area contributed by atoms with Crippen molar-refractivity contribution in [3.63, 3.8) is 0 Å². The van der Waals surface area contributed by atoms with E-state index in [1.165, 1.54) is 12.1 Å². The normalized spacial score (nSPS) is 11.6. The summed E-state index contributed by atoms with van der Waals surface area (Å²) in [5.74, 6) is 0.692. The zero-order chi connectivity index (χ0) is 15.9. The monoisotopic (exact) mass is 427 g/mol. The van der Waals surface area contributed by atoms with Crippen LogP contribution in [-0.2, 0) is 12.7 Å². The lowest BCUT2D eigenvalue weighted by atomic mass is 10.1. The van der Waals surface area contributed by atoms with Crippen LogP contribution < -0.4 is 5.32 Å². The molecule has 1 N–H and O–H groups in total. The van der Waals surface area contributed by atoms with Gasteiger partial charge in [-0.1, -0.05) is 18.2 Å². The quantitative estimate of drug-likeness (QED) is 0.334. The summed E-state index contributed by atoms with van der Waals surface area (Å²) in [6.45, 7) is 7.24. The Morgan fingerprint density at radius 1 is 1.32 bits per heavy atom. The van der Waals surface area contributed by atoms with Crippen molar-refractivity contribution >= 4 is 29.9 Å². The smallest absolute Gasteiger partial charge is 0.357 e. The third kappa shape index (κ3) is 6.67. The van der Waals surface area contributed by atoms with Gasteiger partial charge in [-0.15, -0.1) is 30.6 Å². The molecule has 0 unspecified atom stereocenters. The van der Waals surface area contributed by atoms with Gasteiger partial charge >= 0.3 is 6.18 Å². The maximum absolute atomic E-state index is 12.5. The molecular weight excluding hydrogens is 406 g/mol. The number of halogens is 4. The van der Waals surface area contributed by atoms with Crippen LogP contribution in [0.5, 0.6) is 0 Å². The molecule has 0 saturated heterocycles. The Morgan fingerprint density at radius 2 is 1.91 bits per heavy atom. The number of guanidine groups is 1. The van der Waals surface area contributed by atoms with Crippen LogP contribution in [0.15, 0.2) is 41.9 Å². The minimum atomic E-state index is -4.30. The van der Waals surface area contributed by atoms with Crippen molar-refractivity contribution in [3.05, 3.63) is 48.0 Å². The molecule has 1 aromatic carbocycles. The molecule has 124 valence electrons. The van der Waals surface area contributed by atoms with Gasteiger partial charge in [-0.05, 0) is 24.6 Å². The predicted octanol–water partition coefficient (Wildman–Crippen LogP) is 3.91. The Hall–Kier alpha value is -1.25. The average molecular weight is 427 g/mol. The maximum Gasteiger partial charge on any atom is 0.416 e. The van der Waals surface area contributed by atoms with Gasteiger partial charge in [-0.2, -0.15) is 13.2 Å². The van der Waals surface area contributed by atoms with Gasteiger partial charge in [0.1, 0.15) is 0 Å². The zero-order valence-electron chi connectivity index (χ0n) is 12.7. The highest BCUT2D eigenvalue weighted by Crippen LogP contribution is 2.29. The Bertz CT molecular complexity index is 484. The summed E-state index contributed by atoms with van der Waals surface area (Å²) in [7, 11) is 1.84. The van der Waals surface area contributed by atoms with Gasteiger partial charge in [0.05, 0.1) is 12.1 Å². The maximum atomic E-state index is 12.5. The first-order valence-corrected chi connectivity index (χ1v) is 6.65. The molecule has 0 fully saturated rings. The van der Waals surface area contributed by atoms with E-state index in [0.29, 0.717) is 25.6 Å². The standard InChI is InChI=1S/C15H20F3N3.HI/c1-4-10-20-14(19-5-2)21(3)11-12-6-8-13(9-7-12)15(16,17)18;/h4,6-9H,1,5,10-11H2,2-3H3,(H,19,20);1H. The summed E-state index contributed by atoms with van der Waals surface area (Å²) in [4.78, 5) is 6.17. The second-order valence-corrected chi connectivity index (χ2v) is 4.53. The van der Waals surface area contributed by atoms with Crippen molar-refractivity contribution < 1.29 is 13.2 Å². The lowest BCUT2D eigenvalue weighted by molar-refractivity contribution is -0.137. The molecule has 0 radical (unpaired) electrons. The molecule has 0 saturated carbocycles. The minimum Gasteiger partial charge on any atom is -0.357 e. The molecule has 0 amide bonds. The number of rotatable bonds is 5. The van der Waals surface area contributed by atoms with Crippen LogP contribution in [-0.4, -0.2) is 31.0 Å². The lowest BCUT2D eigenvalue weighted by Crippen LogP contribution is -2.38. The van der Waals surface area contributed by atoms with Crippen molar-refractivity contribution in [2.75, 3.05) is 20.1 Å². The number of alkyl halides is 3. The molecule has 1 rings (SSSR count). The lowest BCUT2D eigenvalue weighted by Gasteiger charge is -2.22. The number of hydrogen-bond donors (Lipinski definition) is 1. The molecule has 0 bridgehead atoms. The van der Waals surface area contributed by atoms with E-state index in [9.17, 15) is 13.2 Å². The van der Waals surface area contributed by atoms with E-state index in [4.69, 9.17) is 0 Å². The van der Waals surface area contributed by atoms with Crippen LogP contribution in [0.2, 0.25) is 0 Å². The van der Waals surface area contributed by atoms with Crippen molar-refractivity contribution in [2.24, 2.45) is 4.99 Å². The van der Waals surface area contributed by atoms with Crippen LogP contribution in [0.25, 0.3) is 0 Å². The number of nitrogens with zero attached hydrogens (tertiary/aromatic N) is 2. The SMILES string of the molecule is C=CCN=C(NCC)N(C)Cc1ccc(C(F)(F)F)cc1.I. The van der Waals surface area contributed by atoms with E-state index in [1.54, 1.807) is 6.08 Å². The summed E-state index contributed by atoms with van der Waals surface area (Å²) in [5.41, 5.74) is 0.149. The van der Waals surface area contributed by atoms with Crippen molar-refractivity contribution in [1.29, 1.82) is 0 Å². The average Bonchev–Trinajstić information content (AvgIpc) is 2.43. The fraction of sp³-hybridized carbons (Fsp3) is 0.400. The van der Waals surface area contributed by atoms with Gasteiger partial charge in [0.25, 0.3) is 0 Å². The molecule has 0 aromatic heterocycles. The van der Waals surface area contributed by atoms with Crippen LogP contribution in [0.3, 0.4) is 0 Å². The van der Waals surface area contributed by atoms with Gasteiger partial charge < -0.3 is 10.2 Å². The Balaban J connectivity index is 0.00000441. The third-order valence-corrected chi connectivity index (χ3v) is 2.77. The summed E-state index contributed by atoms with van der Waals surface area (Å²) < 4.78 is 37.5. The fourth-order valence-electron chi connectivity index (χ4n) is 1.77. The molecule has 7 heteroatoms. The summed E-state index contributed by atoms with van der Waals surface area (Å²) >= 11 is 0. The topological polar surface area (TPSA) is 27.6 Å². The second kappa shape index (κ2) is 9.70. The van der Waals surface area contributed by atoms with E-state index in [1.807, 2.05) is 18.9 Å². The molecular formula is C15H21F3IN3. The summed E-state index contributed by atoms with van der Waals surface area (Å²) in [6, 6.07) is 5.15. The van der Waals surface area contributed by atoms with E-state index in [-0.39, 0.29) is 24.0 Å².